The number of aromatic nitrogens is 2. The van der Waals surface area contributed by atoms with Crippen molar-refractivity contribution in [1.82, 2.24) is 9.97 Å². The molecule has 0 atom stereocenters. The van der Waals surface area contributed by atoms with Crippen molar-refractivity contribution < 1.29 is 4.74 Å². The second-order valence-electron chi connectivity index (χ2n) is 4.34. The maximum absolute atomic E-state index is 5.62. The molecule has 2 aromatic heterocycles. The molecule has 2 rings (SSSR count). The van der Waals surface area contributed by atoms with Gasteiger partial charge in [-0.1, -0.05) is 6.07 Å². The summed E-state index contributed by atoms with van der Waals surface area (Å²) in [6.45, 7) is 1.75. The molecule has 0 aliphatic rings. The molecule has 0 bridgehead atoms. The van der Waals surface area contributed by atoms with E-state index in [0.29, 0.717) is 13.2 Å². The molecule has 19 heavy (non-hydrogen) atoms. The van der Waals surface area contributed by atoms with E-state index in [9.17, 15) is 0 Å². The second kappa shape index (κ2) is 7.61. The Kier molecular flexibility index (Phi) is 5.47. The quantitative estimate of drug-likeness (QED) is 0.771. The van der Waals surface area contributed by atoms with Gasteiger partial charge in [0.1, 0.15) is 0 Å². The SMILES string of the molecule is NCc1cccc(COCCCc2ccncc2)n1. The number of aryl methyl sites for hydroxylation is 1. The van der Waals surface area contributed by atoms with Gasteiger partial charge in [0, 0.05) is 25.5 Å². The van der Waals surface area contributed by atoms with E-state index in [1.807, 2.05) is 42.7 Å². The molecular weight excluding hydrogens is 238 g/mol. The third kappa shape index (κ3) is 4.77. The molecule has 0 aliphatic heterocycles. The first-order valence-corrected chi connectivity index (χ1v) is 6.50. The molecule has 0 fully saturated rings. The van der Waals surface area contributed by atoms with Crippen LogP contribution in [0.3, 0.4) is 0 Å². The normalized spacial score (nSPS) is 10.6. The number of rotatable bonds is 7. The standard InChI is InChI=1S/C15H19N3O/c16-11-14-4-1-5-15(18-14)12-19-10-2-3-13-6-8-17-9-7-13/h1,4-9H,2-3,10-12,16H2. The molecule has 4 heteroatoms. The first-order valence-electron chi connectivity index (χ1n) is 6.50. The van der Waals surface area contributed by atoms with Crippen LogP contribution in [0.25, 0.3) is 0 Å². The Bertz CT molecular complexity index is 488. The van der Waals surface area contributed by atoms with Gasteiger partial charge in [-0.15, -0.1) is 0 Å². The zero-order chi connectivity index (χ0) is 13.3. The lowest BCUT2D eigenvalue weighted by atomic mass is 10.1. The van der Waals surface area contributed by atoms with Crippen molar-refractivity contribution in [1.29, 1.82) is 0 Å². The smallest absolute Gasteiger partial charge is 0.0887 e. The first kappa shape index (κ1) is 13.6. The summed E-state index contributed by atoms with van der Waals surface area (Å²) < 4.78 is 5.62. The maximum Gasteiger partial charge on any atom is 0.0887 e. The van der Waals surface area contributed by atoms with E-state index in [1.165, 1.54) is 5.56 Å². The van der Waals surface area contributed by atoms with Crippen LogP contribution in [-0.2, 0) is 24.3 Å². The van der Waals surface area contributed by atoms with Crippen LogP contribution in [-0.4, -0.2) is 16.6 Å². The topological polar surface area (TPSA) is 61.0 Å². The van der Waals surface area contributed by atoms with Crippen LogP contribution in [0.15, 0.2) is 42.7 Å². The average molecular weight is 257 g/mol. The largest absolute Gasteiger partial charge is 0.375 e. The van der Waals surface area contributed by atoms with Crippen LogP contribution in [0.5, 0.6) is 0 Å². The third-order valence-corrected chi connectivity index (χ3v) is 2.83. The van der Waals surface area contributed by atoms with Gasteiger partial charge < -0.3 is 10.5 Å². The van der Waals surface area contributed by atoms with Crippen molar-refractivity contribution in [2.24, 2.45) is 5.73 Å². The Morgan fingerprint density at radius 2 is 1.84 bits per heavy atom. The minimum absolute atomic E-state index is 0.468. The van der Waals surface area contributed by atoms with E-state index < -0.39 is 0 Å². The van der Waals surface area contributed by atoms with Gasteiger partial charge in [-0.25, -0.2) is 0 Å². The van der Waals surface area contributed by atoms with Crippen molar-refractivity contribution in [3.63, 3.8) is 0 Å². The summed E-state index contributed by atoms with van der Waals surface area (Å²) in [6, 6.07) is 9.92. The Morgan fingerprint density at radius 1 is 1.05 bits per heavy atom. The third-order valence-electron chi connectivity index (χ3n) is 2.83. The summed E-state index contributed by atoms with van der Waals surface area (Å²) in [5.74, 6) is 0. The molecule has 0 saturated heterocycles. The van der Waals surface area contributed by atoms with Gasteiger partial charge in [-0.3, -0.25) is 9.97 Å². The van der Waals surface area contributed by atoms with Gasteiger partial charge in [-0.05, 0) is 42.7 Å². The fraction of sp³-hybridized carbons (Fsp3) is 0.333. The van der Waals surface area contributed by atoms with Crippen LogP contribution in [0, 0.1) is 0 Å². The Balaban J connectivity index is 1.66. The Morgan fingerprint density at radius 3 is 2.63 bits per heavy atom. The lowest BCUT2D eigenvalue weighted by Gasteiger charge is -2.05. The minimum atomic E-state index is 0.468. The molecule has 2 N–H and O–H groups in total. The van der Waals surface area contributed by atoms with E-state index in [-0.39, 0.29) is 0 Å². The van der Waals surface area contributed by atoms with Gasteiger partial charge in [0.25, 0.3) is 0 Å². The van der Waals surface area contributed by atoms with Crippen LogP contribution in [0.4, 0.5) is 0 Å². The van der Waals surface area contributed by atoms with Gasteiger partial charge in [0.15, 0.2) is 0 Å². The molecule has 100 valence electrons. The van der Waals surface area contributed by atoms with Crippen LogP contribution >= 0.6 is 0 Å². The number of hydrogen-bond acceptors (Lipinski definition) is 4. The van der Waals surface area contributed by atoms with Crippen molar-refractivity contribution in [2.75, 3.05) is 6.61 Å². The van der Waals surface area contributed by atoms with Crippen molar-refractivity contribution in [2.45, 2.75) is 26.0 Å². The first-order chi connectivity index (χ1) is 9.38. The highest BCUT2D eigenvalue weighted by Crippen LogP contribution is 2.03. The molecule has 0 amide bonds. The highest BCUT2D eigenvalue weighted by atomic mass is 16.5. The monoisotopic (exact) mass is 257 g/mol. The van der Waals surface area contributed by atoms with E-state index in [1.54, 1.807) is 0 Å². The average Bonchev–Trinajstić information content (AvgIpc) is 2.48. The van der Waals surface area contributed by atoms with Gasteiger partial charge in [0.2, 0.25) is 0 Å². The fourth-order valence-electron chi connectivity index (χ4n) is 1.83. The molecular formula is C15H19N3O. The summed E-state index contributed by atoms with van der Waals surface area (Å²) >= 11 is 0. The van der Waals surface area contributed by atoms with Gasteiger partial charge >= 0.3 is 0 Å². The van der Waals surface area contributed by atoms with E-state index in [0.717, 1.165) is 30.8 Å². The molecule has 2 heterocycles. The van der Waals surface area contributed by atoms with E-state index >= 15 is 0 Å². The predicted octanol–water partition coefficient (Wildman–Crippen LogP) is 2.08. The molecule has 2 aromatic rings. The second-order valence-corrected chi connectivity index (χ2v) is 4.34. The van der Waals surface area contributed by atoms with E-state index in [2.05, 4.69) is 9.97 Å². The molecule has 0 aromatic carbocycles. The predicted molar refractivity (Wildman–Crippen MR) is 74.3 cm³/mol. The summed E-state index contributed by atoms with van der Waals surface area (Å²) in [5.41, 5.74) is 8.68. The van der Waals surface area contributed by atoms with Crippen molar-refractivity contribution >= 4 is 0 Å². The number of hydrogen-bond donors (Lipinski definition) is 1. The number of ether oxygens (including phenoxy) is 1. The molecule has 0 spiro atoms. The molecule has 0 unspecified atom stereocenters. The fourth-order valence-corrected chi connectivity index (χ4v) is 1.83. The number of nitrogens with two attached hydrogens (primary N) is 1. The molecule has 0 aliphatic carbocycles. The Hall–Kier alpha value is -1.78. The van der Waals surface area contributed by atoms with E-state index in [4.69, 9.17) is 10.5 Å². The highest BCUT2D eigenvalue weighted by Gasteiger charge is 1.97. The number of pyridine rings is 2. The Labute approximate surface area is 113 Å². The summed E-state index contributed by atoms with van der Waals surface area (Å²) in [6.07, 6.45) is 5.65. The summed E-state index contributed by atoms with van der Waals surface area (Å²) in [7, 11) is 0. The zero-order valence-corrected chi connectivity index (χ0v) is 11.0. The zero-order valence-electron chi connectivity index (χ0n) is 11.0. The van der Waals surface area contributed by atoms with Crippen LogP contribution in [0.1, 0.15) is 23.4 Å². The van der Waals surface area contributed by atoms with Crippen LogP contribution < -0.4 is 5.73 Å². The summed E-state index contributed by atoms with van der Waals surface area (Å²) in [5, 5.41) is 0. The summed E-state index contributed by atoms with van der Waals surface area (Å²) in [4.78, 5) is 8.38. The van der Waals surface area contributed by atoms with Crippen molar-refractivity contribution in [3.8, 4) is 0 Å². The lowest BCUT2D eigenvalue weighted by molar-refractivity contribution is 0.116. The lowest BCUT2D eigenvalue weighted by Crippen LogP contribution is -2.04. The van der Waals surface area contributed by atoms with Crippen LogP contribution in [0.2, 0.25) is 0 Å². The van der Waals surface area contributed by atoms with Gasteiger partial charge in [0.05, 0.1) is 18.0 Å². The van der Waals surface area contributed by atoms with Gasteiger partial charge in [-0.2, -0.15) is 0 Å². The van der Waals surface area contributed by atoms with Crippen molar-refractivity contribution in [3.05, 3.63) is 59.7 Å². The maximum atomic E-state index is 5.62. The minimum Gasteiger partial charge on any atom is -0.375 e. The highest BCUT2D eigenvalue weighted by molar-refractivity contribution is 5.10. The molecule has 4 nitrogen and oxygen atoms in total. The molecule has 0 saturated carbocycles. The molecule has 0 radical (unpaired) electrons. The number of nitrogens with zero attached hydrogens (tertiary/aromatic N) is 2.